The molecule has 1 amide bonds. The van der Waals surface area contributed by atoms with Gasteiger partial charge in [0.1, 0.15) is 18.4 Å². The number of nitro groups is 1. The summed E-state index contributed by atoms with van der Waals surface area (Å²) in [5.74, 6) is -0.446. The zero-order chi connectivity index (χ0) is 26.9. The van der Waals surface area contributed by atoms with Crippen LogP contribution in [0.4, 0.5) is 0 Å². The first-order chi connectivity index (χ1) is 17.1. The van der Waals surface area contributed by atoms with Crippen LogP contribution in [0.1, 0.15) is 52.0 Å². The first-order valence-electron chi connectivity index (χ1n) is 11.7. The molecule has 0 aromatic heterocycles. The molecule has 0 unspecified atom stereocenters. The first-order valence-corrected chi connectivity index (χ1v) is 11.7. The molecule has 0 aliphatic carbocycles. The molecule has 1 aromatic rings. The summed E-state index contributed by atoms with van der Waals surface area (Å²) in [6, 6.07) is 6.71. The lowest BCUT2D eigenvalue weighted by atomic mass is 10.1. The maximum absolute atomic E-state index is 12.4. The van der Waals surface area contributed by atoms with Gasteiger partial charge < -0.3 is 20.5 Å². The van der Waals surface area contributed by atoms with Gasteiger partial charge in [-0.25, -0.2) is 19.9 Å². The van der Waals surface area contributed by atoms with E-state index in [-0.39, 0.29) is 31.3 Å². The zero-order valence-electron chi connectivity index (χ0n) is 21.4. The van der Waals surface area contributed by atoms with Crippen LogP contribution >= 0.6 is 0 Å². The molecule has 0 saturated heterocycles. The SMILES string of the molecule is COC(=O)[C@H](CCCN=C(N)N[N+](=O)[O-])NC(=O)CCc1ccc(OC/C(C)=C/CC=C(C)C)cc1. The zero-order valence-corrected chi connectivity index (χ0v) is 21.4. The predicted octanol–water partition coefficient (Wildman–Crippen LogP) is 2.83. The van der Waals surface area contributed by atoms with Crippen LogP contribution in [-0.2, 0) is 20.7 Å². The third-order valence-corrected chi connectivity index (χ3v) is 4.98. The van der Waals surface area contributed by atoms with E-state index in [4.69, 9.17) is 15.2 Å². The van der Waals surface area contributed by atoms with Crippen molar-refractivity contribution in [2.24, 2.45) is 10.7 Å². The number of methoxy groups -OCH3 is 1. The summed E-state index contributed by atoms with van der Waals surface area (Å²) in [7, 11) is 1.24. The maximum Gasteiger partial charge on any atom is 0.328 e. The van der Waals surface area contributed by atoms with Crippen molar-refractivity contribution in [2.45, 2.75) is 58.9 Å². The number of nitrogens with two attached hydrogens (primary N) is 1. The summed E-state index contributed by atoms with van der Waals surface area (Å²) < 4.78 is 10.6. The minimum Gasteiger partial charge on any atom is -0.489 e. The van der Waals surface area contributed by atoms with Crippen molar-refractivity contribution in [1.29, 1.82) is 0 Å². The molecule has 0 saturated carbocycles. The molecular weight excluding hydrogens is 466 g/mol. The number of aliphatic imine (C=N–C) groups is 1. The first kappa shape index (κ1) is 30.1. The van der Waals surface area contributed by atoms with Crippen LogP contribution in [0.15, 0.2) is 52.6 Å². The number of guanidine groups is 1. The summed E-state index contributed by atoms with van der Waals surface area (Å²) >= 11 is 0. The minimum absolute atomic E-state index is 0.148. The molecule has 1 atom stereocenters. The van der Waals surface area contributed by atoms with E-state index < -0.39 is 17.0 Å². The van der Waals surface area contributed by atoms with E-state index >= 15 is 0 Å². The van der Waals surface area contributed by atoms with Crippen LogP contribution in [0.2, 0.25) is 0 Å². The monoisotopic (exact) mass is 503 g/mol. The molecule has 0 fully saturated rings. The molecule has 0 heterocycles. The molecule has 36 heavy (non-hydrogen) atoms. The minimum atomic E-state index is -0.841. The van der Waals surface area contributed by atoms with Crippen molar-refractivity contribution in [3.63, 3.8) is 0 Å². The average molecular weight is 504 g/mol. The molecule has 11 heteroatoms. The van der Waals surface area contributed by atoms with Crippen LogP contribution in [0.5, 0.6) is 5.75 Å². The van der Waals surface area contributed by atoms with Gasteiger partial charge in [-0.05, 0) is 69.7 Å². The van der Waals surface area contributed by atoms with E-state index in [2.05, 4.69) is 36.3 Å². The van der Waals surface area contributed by atoms with Gasteiger partial charge in [-0.3, -0.25) is 4.79 Å². The number of amides is 1. The van der Waals surface area contributed by atoms with Crippen LogP contribution in [0.3, 0.4) is 0 Å². The summed E-state index contributed by atoms with van der Waals surface area (Å²) in [5, 5.41) is 12.2. The summed E-state index contributed by atoms with van der Waals surface area (Å²) in [6.07, 6.45) is 6.49. The van der Waals surface area contributed by atoms with Gasteiger partial charge in [-0.1, -0.05) is 35.3 Å². The number of nitrogens with one attached hydrogen (secondary N) is 2. The number of hydrazine groups is 1. The maximum atomic E-state index is 12.4. The summed E-state index contributed by atoms with van der Waals surface area (Å²) in [4.78, 5) is 38.5. The number of allylic oxidation sites excluding steroid dienone is 3. The summed E-state index contributed by atoms with van der Waals surface area (Å²) in [5.41, 5.74) is 10.5. The highest BCUT2D eigenvalue weighted by Gasteiger charge is 2.21. The average Bonchev–Trinajstić information content (AvgIpc) is 2.82. The van der Waals surface area contributed by atoms with Crippen LogP contribution < -0.4 is 21.2 Å². The lowest BCUT2D eigenvalue weighted by Gasteiger charge is -2.16. The Morgan fingerprint density at radius 3 is 2.50 bits per heavy atom. The Hall–Kier alpha value is -3.89. The van der Waals surface area contributed by atoms with Gasteiger partial charge in [0.25, 0.3) is 5.96 Å². The highest BCUT2D eigenvalue weighted by molar-refractivity contribution is 5.84. The van der Waals surface area contributed by atoms with Crippen molar-refractivity contribution in [2.75, 3.05) is 20.3 Å². The number of hydrogen-bond acceptors (Lipinski definition) is 7. The van der Waals surface area contributed by atoms with Crippen molar-refractivity contribution < 1.29 is 24.1 Å². The second-order valence-corrected chi connectivity index (χ2v) is 8.42. The van der Waals surface area contributed by atoms with Gasteiger partial charge in [-0.2, -0.15) is 0 Å². The van der Waals surface area contributed by atoms with Crippen molar-refractivity contribution in [3.05, 3.63) is 63.2 Å². The molecule has 0 aliphatic rings. The van der Waals surface area contributed by atoms with Gasteiger partial charge in [0.15, 0.2) is 5.03 Å². The fraction of sp³-hybridized carbons (Fsp3) is 0.480. The van der Waals surface area contributed by atoms with Gasteiger partial charge in [0.2, 0.25) is 5.91 Å². The highest BCUT2D eigenvalue weighted by Crippen LogP contribution is 2.15. The largest absolute Gasteiger partial charge is 0.489 e. The normalized spacial score (nSPS) is 12.3. The Bertz CT molecular complexity index is 952. The summed E-state index contributed by atoms with van der Waals surface area (Å²) in [6.45, 7) is 6.83. The number of hydrogen-bond donors (Lipinski definition) is 3. The molecule has 4 N–H and O–H groups in total. The van der Waals surface area contributed by atoms with Crippen molar-refractivity contribution in [1.82, 2.24) is 10.7 Å². The number of rotatable bonds is 15. The molecule has 198 valence electrons. The van der Waals surface area contributed by atoms with Crippen LogP contribution in [0.25, 0.3) is 0 Å². The highest BCUT2D eigenvalue weighted by atomic mass is 16.7. The second kappa shape index (κ2) is 16.7. The molecule has 0 spiro atoms. The van der Waals surface area contributed by atoms with Gasteiger partial charge in [0, 0.05) is 13.0 Å². The predicted molar refractivity (Wildman–Crippen MR) is 138 cm³/mol. The van der Waals surface area contributed by atoms with Gasteiger partial charge >= 0.3 is 5.97 Å². The third-order valence-electron chi connectivity index (χ3n) is 4.98. The molecule has 1 rings (SSSR count). The van der Waals surface area contributed by atoms with Crippen LogP contribution in [-0.4, -0.2) is 49.2 Å². The third kappa shape index (κ3) is 13.7. The Labute approximate surface area is 211 Å². The van der Waals surface area contributed by atoms with Gasteiger partial charge in [-0.15, -0.1) is 0 Å². The van der Waals surface area contributed by atoms with E-state index in [1.165, 1.54) is 12.7 Å². The number of benzene rings is 1. The lowest BCUT2D eigenvalue weighted by Crippen LogP contribution is -2.41. The molecule has 1 aromatic carbocycles. The van der Waals surface area contributed by atoms with Gasteiger partial charge in [0.05, 0.1) is 7.11 Å². The molecule has 0 radical (unpaired) electrons. The van der Waals surface area contributed by atoms with Crippen molar-refractivity contribution >= 4 is 17.8 Å². The van der Waals surface area contributed by atoms with E-state index in [0.717, 1.165) is 23.3 Å². The second-order valence-electron chi connectivity index (χ2n) is 8.42. The lowest BCUT2D eigenvalue weighted by molar-refractivity contribution is -0.525. The Morgan fingerprint density at radius 2 is 1.89 bits per heavy atom. The number of carbonyl (C=O) groups is 2. The number of aryl methyl sites for hydroxylation is 1. The fourth-order valence-corrected chi connectivity index (χ4v) is 3.04. The quantitative estimate of drug-likeness (QED) is 0.0627. The van der Waals surface area contributed by atoms with E-state index in [0.29, 0.717) is 19.4 Å². The number of nitrogens with zero attached hydrogens (tertiary/aromatic N) is 2. The topological polar surface area (TPSA) is 158 Å². The molecule has 11 nitrogen and oxygen atoms in total. The molecule has 0 bridgehead atoms. The van der Waals surface area contributed by atoms with E-state index in [1.807, 2.05) is 31.2 Å². The number of ether oxygens (including phenoxy) is 2. The fourth-order valence-electron chi connectivity index (χ4n) is 3.04. The smallest absolute Gasteiger partial charge is 0.328 e. The van der Waals surface area contributed by atoms with Crippen molar-refractivity contribution in [3.8, 4) is 5.75 Å². The number of esters is 1. The molecule has 0 aliphatic heterocycles. The Morgan fingerprint density at radius 1 is 1.19 bits per heavy atom. The Kier molecular flexibility index (Phi) is 14.0. The Balaban J connectivity index is 2.48. The standard InChI is InChI=1S/C25H37N5O6/c1-18(2)7-5-8-19(3)17-36-21-13-10-20(11-14-21)12-15-23(31)28-22(24(32)35-4)9-6-16-27-25(26)29-30(33)34/h7-8,10-11,13-14,22H,5-6,9,12,15-17H2,1-4H3,(H,28,31)(H3,26,27,29)/b19-8+/t22-/m0/s1. The molecular formula is C25H37N5O6. The van der Waals surface area contributed by atoms with E-state index in [9.17, 15) is 19.7 Å². The number of carbonyl (C=O) groups excluding carboxylic acids is 2. The van der Waals surface area contributed by atoms with E-state index in [1.54, 1.807) is 5.43 Å². The van der Waals surface area contributed by atoms with Crippen LogP contribution in [0, 0.1) is 10.1 Å².